The number of nitro benzene ring substituents is 1. The molecule has 0 aromatic heterocycles. The van der Waals surface area contributed by atoms with Crippen LogP contribution in [-0.4, -0.2) is 17.5 Å². The van der Waals surface area contributed by atoms with Crippen LogP contribution in [0.25, 0.3) is 0 Å². The maximum Gasteiger partial charge on any atom is 0.319 e. The summed E-state index contributed by atoms with van der Waals surface area (Å²) < 4.78 is 1.00. The van der Waals surface area contributed by atoms with Gasteiger partial charge >= 0.3 is 6.03 Å². The smallest absolute Gasteiger partial charge is 0.319 e. The Morgan fingerprint density at radius 2 is 1.91 bits per heavy atom. The fourth-order valence-corrected chi connectivity index (χ4v) is 2.30. The molecule has 0 bridgehead atoms. The molecule has 2 rings (SSSR count). The zero-order chi connectivity index (χ0) is 15.9. The Hall–Kier alpha value is -2.41. The van der Waals surface area contributed by atoms with Gasteiger partial charge in [-0.25, -0.2) is 4.79 Å². The highest BCUT2D eigenvalue weighted by molar-refractivity contribution is 9.10. The van der Waals surface area contributed by atoms with Crippen LogP contribution < -0.4 is 10.6 Å². The van der Waals surface area contributed by atoms with Gasteiger partial charge in [0.15, 0.2) is 0 Å². The maximum atomic E-state index is 11.7. The second kappa shape index (κ2) is 7.56. The average molecular weight is 364 g/mol. The van der Waals surface area contributed by atoms with Crippen molar-refractivity contribution in [2.45, 2.75) is 6.42 Å². The zero-order valence-electron chi connectivity index (χ0n) is 11.6. The lowest BCUT2D eigenvalue weighted by Gasteiger charge is -2.07. The molecule has 2 aromatic rings. The van der Waals surface area contributed by atoms with Crippen molar-refractivity contribution in [2.75, 3.05) is 11.9 Å². The molecule has 0 atom stereocenters. The van der Waals surface area contributed by atoms with Gasteiger partial charge in [-0.15, -0.1) is 0 Å². The van der Waals surface area contributed by atoms with Crippen molar-refractivity contribution >= 4 is 33.3 Å². The number of nitro groups is 1. The van der Waals surface area contributed by atoms with Crippen LogP contribution in [0.2, 0.25) is 0 Å². The molecular formula is C15H14BrN3O3. The summed E-state index contributed by atoms with van der Waals surface area (Å²) >= 11 is 3.40. The maximum absolute atomic E-state index is 11.7. The molecule has 0 fully saturated rings. The fourth-order valence-electron chi connectivity index (χ4n) is 1.85. The number of halogens is 1. The minimum absolute atomic E-state index is 0.0133. The van der Waals surface area contributed by atoms with Gasteiger partial charge in [0.2, 0.25) is 0 Å². The van der Waals surface area contributed by atoms with Crippen LogP contribution in [0.1, 0.15) is 5.56 Å². The number of nitrogens with zero attached hydrogens (tertiary/aromatic N) is 1. The van der Waals surface area contributed by atoms with Gasteiger partial charge in [-0.3, -0.25) is 10.1 Å². The predicted molar refractivity (Wildman–Crippen MR) is 88.0 cm³/mol. The summed E-state index contributed by atoms with van der Waals surface area (Å²) in [6.45, 7) is 0.495. The molecule has 0 aliphatic carbocycles. The van der Waals surface area contributed by atoms with Crippen LogP contribution in [0.15, 0.2) is 53.0 Å². The Balaban J connectivity index is 1.79. The van der Waals surface area contributed by atoms with Crippen LogP contribution >= 0.6 is 15.9 Å². The highest BCUT2D eigenvalue weighted by Crippen LogP contribution is 2.15. The van der Waals surface area contributed by atoms with E-state index in [1.165, 1.54) is 24.3 Å². The number of rotatable bonds is 5. The lowest BCUT2D eigenvalue weighted by atomic mass is 10.1. The number of hydrogen-bond donors (Lipinski definition) is 2. The van der Waals surface area contributed by atoms with Crippen molar-refractivity contribution in [1.29, 1.82) is 0 Å². The molecule has 0 aliphatic rings. The number of anilines is 1. The largest absolute Gasteiger partial charge is 0.338 e. The molecule has 7 heteroatoms. The van der Waals surface area contributed by atoms with Crippen molar-refractivity contribution in [3.8, 4) is 0 Å². The second-order valence-corrected chi connectivity index (χ2v) is 5.48. The number of carbonyl (C=O) groups excluding carboxylic acids is 1. The van der Waals surface area contributed by atoms with E-state index in [9.17, 15) is 14.9 Å². The van der Waals surface area contributed by atoms with E-state index in [-0.39, 0.29) is 11.7 Å². The summed E-state index contributed by atoms with van der Waals surface area (Å²) in [5.74, 6) is 0. The molecule has 22 heavy (non-hydrogen) atoms. The number of carbonyl (C=O) groups is 1. The van der Waals surface area contributed by atoms with Crippen LogP contribution in [0, 0.1) is 10.1 Å². The molecule has 2 N–H and O–H groups in total. The van der Waals surface area contributed by atoms with Crippen molar-refractivity contribution < 1.29 is 9.72 Å². The summed E-state index contributed by atoms with van der Waals surface area (Å²) in [6.07, 6.45) is 0.715. The van der Waals surface area contributed by atoms with E-state index in [2.05, 4.69) is 26.6 Å². The van der Waals surface area contributed by atoms with Gasteiger partial charge < -0.3 is 10.6 Å². The van der Waals surface area contributed by atoms with E-state index >= 15 is 0 Å². The quantitative estimate of drug-likeness (QED) is 0.626. The van der Waals surface area contributed by atoms with E-state index < -0.39 is 4.92 Å². The van der Waals surface area contributed by atoms with E-state index in [0.29, 0.717) is 18.7 Å². The molecule has 2 amide bonds. The number of nitrogens with one attached hydrogen (secondary N) is 2. The molecule has 6 nitrogen and oxygen atoms in total. The normalized spacial score (nSPS) is 10.0. The monoisotopic (exact) mass is 363 g/mol. The number of benzene rings is 2. The molecule has 0 aliphatic heterocycles. The second-order valence-electron chi connectivity index (χ2n) is 4.56. The van der Waals surface area contributed by atoms with Gasteiger partial charge in [-0.2, -0.15) is 0 Å². The number of urea groups is 1. The van der Waals surface area contributed by atoms with Crippen molar-refractivity contribution in [1.82, 2.24) is 5.32 Å². The minimum atomic E-state index is -0.484. The third kappa shape index (κ3) is 4.85. The molecule has 0 heterocycles. The summed E-state index contributed by atoms with van der Waals surface area (Å²) in [4.78, 5) is 21.8. The summed E-state index contributed by atoms with van der Waals surface area (Å²) in [5.41, 5.74) is 1.61. The third-order valence-corrected chi connectivity index (χ3v) is 3.42. The van der Waals surface area contributed by atoms with Gasteiger partial charge in [0, 0.05) is 28.8 Å². The SMILES string of the molecule is O=C(NCCc1cccc(Br)c1)Nc1ccc([N+](=O)[O-])cc1. The zero-order valence-corrected chi connectivity index (χ0v) is 13.2. The van der Waals surface area contributed by atoms with Gasteiger partial charge in [0.05, 0.1) is 4.92 Å². The Morgan fingerprint density at radius 1 is 1.18 bits per heavy atom. The van der Waals surface area contributed by atoms with E-state index in [1.807, 2.05) is 24.3 Å². The van der Waals surface area contributed by atoms with E-state index in [1.54, 1.807) is 0 Å². The Labute approximate surface area is 135 Å². The third-order valence-electron chi connectivity index (χ3n) is 2.92. The van der Waals surface area contributed by atoms with Crippen LogP contribution in [-0.2, 0) is 6.42 Å². The van der Waals surface area contributed by atoms with Crippen LogP contribution in [0.5, 0.6) is 0 Å². The highest BCUT2D eigenvalue weighted by atomic mass is 79.9. The van der Waals surface area contributed by atoms with E-state index in [0.717, 1.165) is 10.0 Å². The van der Waals surface area contributed by atoms with Gasteiger partial charge in [-0.1, -0.05) is 28.1 Å². The van der Waals surface area contributed by atoms with E-state index in [4.69, 9.17) is 0 Å². The molecule has 0 saturated carbocycles. The number of non-ortho nitro benzene ring substituents is 1. The molecular weight excluding hydrogens is 350 g/mol. The van der Waals surface area contributed by atoms with Gasteiger partial charge in [0.25, 0.3) is 5.69 Å². The fraction of sp³-hybridized carbons (Fsp3) is 0.133. The molecule has 0 spiro atoms. The molecule has 0 radical (unpaired) electrons. The first kappa shape index (κ1) is 16.0. The van der Waals surface area contributed by atoms with Crippen LogP contribution in [0.3, 0.4) is 0 Å². The summed E-state index contributed by atoms with van der Waals surface area (Å²) in [6, 6.07) is 13.2. The van der Waals surface area contributed by atoms with Crippen molar-refractivity contribution in [3.63, 3.8) is 0 Å². The highest BCUT2D eigenvalue weighted by Gasteiger charge is 2.06. The number of amides is 2. The van der Waals surface area contributed by atoms with Gasteiger partial charge in [-0.05, 0) is 36.2 Å². The Bertz CT molecular complexity index is 674. The minimum Gasteiger partial charge on any atom is -0.338 e. The van der Waals surface area contributed by atoms with Gasteiger partial charge in [0.1, 0.15) is 0 Å². The number of hydrogen-bond acceptors (Lipinski definition) is 3. The average Bonchev–Trinajstić information content (AvgIpc) is 2.48. The lowest BCUT2D eigenvalue weighted by molar-refractivity contribution is -0.384. The first-order chi connectivity index (χ1) is 10.5. The lowest BCUT2D eigenvalue weighted by Crippen LogP contribution is -2.30. The summed E-state index contributed by atoms with van der Waals surface area (Å²) in [7, 11) is 0. The summed E-state index contributed by atoms with van der Waals surface area (Å²) in [5, 5.41) is 15.9. The molecule has 0 unspecified atom stereocenters. The molecule has 2 aromatic carbocycles. The predicted octanol–water partition coefficient (Wildman–Crippen LogP) is 3.72. The standard InChI is InChI=1S/C15H14BrN3O3/c16-12-3-1-2-11(10-12)8-9-17-15(20)18-13-4-6-14(7-5-13)19(21)22/h1-7,10H,8-9H2,(H2,17,18,20). The van der Waals surface area contributed by atoms with Crippen molar-refractivity contribution in [3.05, 3.63) is 68.7 Å². The molecule has 0 saturated heterocycles. The Kier molecular flexibility index (Phi) is 5.48. The van der Waals surface area contributed by atoms with Crippen molar-refractivity contribution in [2.24, 2.45) is 0 Å². The first-order valence-corrected chi connectivity index (χ1v) is 7.37. The Morgan fingerprint density at radius 3 is 2.55 bits per heavy atom. The topological polar surface area (TPSA) is 84.3 Å². The molecule has 114 valence electrons. The van der Waals surface area contributed by atoms with Crippen LogP contribution in [0.4, 0.5) is 16.2 Å². The first-order valence-electron chi connectivity index (χ1n) is 6.58.